The van der Waals surface area contributed by atoms with E-state index in [2.05, 4.69) is 0 Å². The van der Waals surface area contributed by atoms with Crippen molar-refractivity contribution < 1.29 is 31.9 Å². The summed E-state index contributed by atoms with van der Waals surface area (Å²) in [6, 6.07) is 9.85. The second kappa shape index (κ2) is 10.6. The summed E-state index contributed by atoms with van der Waals surface area (Å²) in [6.07, 6.45) is 0. The van der Waals surface area contributed by atoms with E-state index in [1.165, 1.54) is 19.2 Å². The minimum atomic E-state index is -4.67. The highest BCUT2D eigenvalue weighted by Crippen LogP contribution is 2.31. The Morgan fingerprint density at radius 1 is 0.926 bits per heavy atom. The van der Waals surface area contributed by atoms with Crippen LogP contribution in [0, 0.1) is 10.1 Å². The molecule has 12 nitrogen and oxygen atoms in total. The van der Waals surface area contributed by atoms with Gasteiger partial charge in [-0.3, -0.25) is 19.2 Å². The van der Waals surface area contributed by atoms with Gasteiger partial charge in [0.2, 0.25) is 0 Å². The lowest BCUT2D eigenvalue weighted by atomic mass is 10.2. The number of benzene rings is 2. The number of nitro benzene ring substituents is 1. The first-order valence-corrected chi connectivity index (χ1v) is 8.26. The van der Waals surface area contributed by atoms with Gasteiger partial charge in [-0.15, -0.1) is 0 Å². The summed E-state index contributed by atoms with van der Waals surface area (Å²) in [5.74, 6) is 0.806. The summed E-state index contributed by atoms with van der Waals surface area (Å²) in [5, 5.41) is 10.4. The number of ether oxygens (including phenoxy) is 2. The van der Waals surface area contributed by atoms with Gasteiger partial charge >= 0.3 is 16.1 Å². The first kappa shape index (κ1) is 23.7. The van der Waals surface area contributed by atoms with E-state index in [1.54, 1.807) is 31.4 Å². The average molecular weight is 404 g/mol. The quantitative estimate of drug-likeness (QED) is 0.213. The van der Waals surface area contributed by atoms with Crippen molar-refractivity contribution in [2.75, 3.05) is 31.4 Å². The van der Waals surface area contributed by atoms with Crippen molar-refractivity contribution >= 4 is 33.1 Å². The summed E-state index contributed by atoms with van der Waals surface area (Å²) in [5.41, 5.74) is 17.4. The number of anilines is 3. The van der Waals surface area contributed by atoms with Crippen LogP contribution in [0.25, 0.3) is 0 Å². The average Bonchev–Trinajstić information content (AvgIpc) is 2.55. The monoisotopic (exact) mass is 404 g/mol. The molecule has 27 heavy (non-hydrogen) atoms. The summed E-state index contributed by atoms with van der Waals surface area (Å²) < 4.78 is 41.3. The first-order chi connectivity index (χ1) is 12.4. The molecule has 0 aliphatic heterocycles. The van der Waals surface area contributed by atoms with Gasteiger partial charge in [0.25, 0.3) is 0 Å². The molecule has 0 heterocycles. The zero-order valence-corrected chi connectivity index (χ0v) is 15.2. The first-order valence-electron chi connectivity index (χ1n) is 6.87. The van der Waals surface area contributed by atoms with Crippen molar-refractivity contribution in [1.82, 2.24) is 0 Å². The molecule has 0 unspecified atom stereocenters. The van der Waals surface area contributed by atoms with Crippen LogP contribution in [0.2, 0.25) is 0 Å². The normalized spacial score (nSPS) is 9.78. The molecule has 0 bridgehead atoms. The van der Waals surface area contributed by atoms with Crippen LogP contribution in [0.4, 0.5) is 22.7 Å². The van der Waals surface area contributed by atoms with Gasteiger partial charge in [0.1, 0.15) is 11.4 Å². The summed E-state index contributed by atoms with van der Waals surface area (Å²) in [6.45, 7) is 0. The van der Waals surface area contributed by atoms with Crippen molar-refractivity contribution in [2.24, 2.45) is 0 Å². The van der Waals surface area contributed by atoms with Crippen molar-refractivity contribution in [3.63, 3.8) is 0 Å². The third kappa shape index (κ3) is 9.10. The number of nitrogen functional groups attached to an aromatic ring is 3. The minimum Gasteiger partial charge on any atom is -0.495 e. The number of nitro groups is 1. The molecule has 0 atom stereocenters. The van der Waals surface area contributed by atoms with E-state index in [0.29, 0.717) is 17.1 Å². The molecule has 0 aliphatic carbocycles. The molecule has 0 saturated carbocycles. The summed E-state index contributed by atoms with van der Waals surface area (Å²) >= 11 is 0. The largest absolute Gasteiger partial charge is 0.495 e. The molecule has 2 aromatic carbocycles. The van der Waals surface area contributed by atoms with Crippen LogP contribution in [-0.2, 0) is 10.4 Å². The van der Waals surface area contributed by atoms with Gasteiger partial charge in [-0.05, 0) is 24.3 Å². The Morgan fingerprint density at radius 3 is 1.67 bits per heavy atom. The number of hydrogen-bond donors (Lipinski definition) is 5. The van der Waals surface area contributed by atoms with Gasteiger partial charge in [-0.25, -0.2) is 0 Å². The van der Waals surface area contributed by atoms with E-state index in [-0.39, 0.29) is 17.1 Å². The Kier molecular flexibility index (Phi) is 9.35. The summed E-state index contributed by atoms with van der Waals surface area (Å²) in [4.78, 5) is 9.89. The standard InChI is InChI=1S/C7H8N2O3.C7H10N2O.H2O4S/c1-12-6-4-2-3-5(8)7(6)9(10)11;1-10-6-4-2-3-5(8)7(6)9;1-5(2,3)4/h2-4H,8H2,1H3;2-4H,8-9H2,1H3;(H2,1,2,3,4). The number of rotatable bonds is 3. The van der Waals surface area contributed by atoms with Crippen molar-refractivity contribution in [1.29, 1.82) is 0 Å². The van der Waals surface area contributed by atoms with Crippen LogP contribution in [-0.4, -0.2) is 36.7 Å². The smallest absolute Gasteiger partial charge is 0.394 e. The van der Waals surface area contributed by atoms with Crippen LogP contribution in [0.5, 0.6) is 11.5 Å². The number of nitrogens with two attached hydrogens (primary N) is 3. The third-order valence-corrected chi connectivity index (χ3v) is 2.75. The molecule has 0 aliphatic rings. The fraction of sp³-hybridized carbons (Fsp3) is 0.143. The van der Waals surface area contributed by atoms with Gasteiger partial charge < -0.3 is 26.7 Å². The van der Waals surface area contributed by atoms with E-state index < -0.39 is 15.3 Å². The topological polar surface area (TPSA) is 214 Å². The fourth-order valence-corrected chi connectivity index (χ4v) is 1.64. The third-order valence-electron chi connectivity index (χ3n) is 2.75. The maximum Gasteiger partial charge on any atom is 0.394 e. The maximum absolute atomic E-state index is 10.4. The molecular formula is C14H20N4O8S. The van der Waals surface area contributed by atoms with Gasteiger partial charge in [0.05, 0.1) is 30.5 Å². The summed E-state index contributed by atoms with van der Waals surface area (Å²) in [7, 11) is -1.74. The van der Waals surface area contributed by atoms with Gasteiger partial charge in [-0.1, -0.05) is 12.1 Å². The molecule has 13 heteroatoms. The number of hydrogen-bond acceptors (Lipinski definition) is 9. The Bertz CT molecular complexity index is 865. The van der Waals surface area contributed by atoms with Crippen molar-refractivity contribution in [3.8, 4) is 11.5 Å². The van der Waals surface area contributed by atoms with E-state index in [4.69, 9.17) is 44.2 Å². The molecule has 0 amide bonds. The van der Waals surface area contributed by atoms with Crippen molar-refractivity contribution in [2.45, 2.75) is 0 Å². The molecule has 2 aromatic rings. The molecule has 0 spiro atoms. The zero-order chi connectivity index (χ0) is 21.2. The van der Waals surface area contributed by atoms with Gasteiger partial charge in [-0.2, -0.15) is 8.42 Å². The lowest BCUT2D eigenvalue weighted by Gasteiger charge is -2.04. The highest BCUT2D eigenvalue weighted by atomic mass is 32.3. The van der Waals surface area contributed by atoms with Crippen LogP contribution >= 0.6 is 0 Å². The number of nitrogens with zero attached hydrogens (tertiary/aromatic N) is 1. The Morgan fingerprint density at radius 2 is 1.33 bits per heavy atom. The zero-order valence-electron chi connectivity index (χ0n) is 14.4. The minimum absolute atomic E-state index is 0.111. The van der Waals surface area contributed by atoms with Gasteiger partial charge in [0.15, 0.2) is 5.75 Å². The lowest BCUT2D eigenvalue weighted by molar-refractivity contribution is -0.384. The van der Waals surface area contributed by atoms with E-state index in [9.17, 15) is 10.1 Å². The lowest BCUT2D eigenvalue weighted by Crippen LogP contribution is -1.98. The maximum atomic E-state index is 10.4. The number of methoxy groups -OCH3 is 2. The Balaban J connectivity index is 0.000000408. The van der Waals surface area contributed by atoms with Gasteiger partial charge in [0, 0.05) is 0 Å². The number of para-hydroxylation sites is 2. The van der Waals surface area contributed by atoms with E-state index in [1.807, 2.05) is 0 Å². The molecule has 0 saturated heterocycles. The molecule has 0 radical (unpaired) electrons. The molecule has 2 rings (SSSR count). The molecule has 150 valence electrons. The second-order valence-electron chi connectivity index (χ2n) is 4.57. The highest BCUT2D eigenvalue weighted by molar-refractivity contribution is 7.79. The van der Waals surface area contributed by atoms with Crippen LogP contribution in [0.1, 0.15) is 0 Å². The van der Waals surface area contributed by atoms with Crippen LogP contribution < -0.4 is 26.7 Å². The SMILES string of the molecule is COc1cccc(N)c1N.COc1cccc(N)c1[N+](=O)[O-].O=S(=O)(O)O. The van der Waals surface area contributed by atoms with Crippen LogP contribution in [0.15, 0.2) is 36.4 Å². The van der Waals surface area contributed by atoms with Crippen molar-refractivity contribution in [3.05, 3.63) is 46.5 Å². The van der Waals surface area contributed by atoms with E-state index in [0.717, 1.165) is 0 Å². The Hall–Kier alpha value is -3.29. The Labute approximate surface area is 155 Å². The predicted octanol–water partition coefficient (Wildman–Crippen LogP) is 1.39. The molecule has 0 aromatic heterocycles. The highest BCUT2D eigenvalue weighted by Gasteiger charge is 2.17. The molecule has 8 N–H and O–H groups in total. The van der Waals surface area contributed by atoms with Crippen LogP contribution in [0.3, 0.4) is 0 Å². The molecular weight excluding hydrogens is 384 g/mol. The van der Waals surface area contributed by atoms with E-state index >= 15 is 0 Å². The predicted molar refractivity (Wildman–Crippen MR) is 100 cm³/mol. The molecule has 0 fully saturated rings. The second-order valence-corrected chi connectivity index (χ2v) is 5.46. The fourth-order valence-electron chi connectivity index (χ4n) is 1.64.